The van der Waals surface area contributed by atoms with Crippen LogP contribution in [0.1, 0.15) is 57.8 Å². The first-order valence-electron chi connectivity index (χ1n) is 7.51. The first-order chi connectivity index (χ1) is 8.80. The Kier molecular flexibility index (Phi) is 4.81. The maximum atomic E-state index is 5.98. The summed E-state index contributed by atoms with van der Waals surface area (Å²) < 4.78 is 2.42. The number of aromatic nitrogens is 2. The topological polar surface area (TPSA) is 43.8 Å². The molecule has 18 heavy (non-hydrogen) atoms. The Bertz CT molecular complexity index is 358. The van der Waals surface area contributed by atoms with Crippen molar-refractivity contribution in [1.29, 1.82) is 0 Å². The highest BCUT2D eigenvalue weighted by Gasteiger charge is 2.30. The lowest BCUT2D eigenvalue weighted by molar-refractivity contribution is 0.181. The number of aryl methyl sites for hydroxylation is 1. The van der Waals surface area contributed by atoms with E-state index in [0.29, 0.717) is 12.0 Å². The molecule has 1 aromatic heterocycles. The van der Waals surface area contributed by atoms with Gasteiger partial charge in [-0.05, 0) is 44.1 Å². The normalized spacial score (nSPS) is 28.5. The molecule has 0 spiro atoms. The Labute approximate surface area is 111 Å². The maximum absolute atomic E-state index is 5.98. The SMILES string of the molecule is CCCc1nccn1C1CC(CC)CCC1CN. The molecule has 2 rings (SSSR count). The lowest BCUT2D eigenvalue weighted by atomic mass is 9.77. The molecule has 1 aliphatic carbocycles. The van der Waals surface area contributed by atoms with E-state index in [1.807, 2.05) is 6.20 Å². The molecule has 0 saturated heterocycles. The molecule has 1 saturated carbocycles. The van der Waals surface area contributed by atoms with Crippen LogP contribution < -0.4 is 5.73 Å². The van der Waals surface area contributed by atoms with Gasteiger partial charge in [-0.25, -0.2) is 4.98 Å². The van der Waals surface area contributed by atoms with Crippen molar-refractivity contribution in [2.75, 3.05) is 6.54 Å². The predicted octanol–water partition coefficient (Wildman–Crippen LogP) is 3.16. The Morgan fingerprint density at radius 3 is 2.89 bits per heavy atom. The summed E-state index contributed by atoms with van der Waals surface area (Å²) in [6, 6.07) is 0.581. The molecular formula is C15H27N3. The van der Waals surface area contributed by atoms with Crippen LogP contribution >= 0.6 is 0 Å². The summed E-state index contributed by atoms with van der Waals surface area (Å²) in [4.78, 5) is 4.52. The zero-order valence-corrected chi connectivity index (χ0v) is 11.8. The van der Waals surface area contributed by atoms with Crippen molar-refractivity contribution >= 4 is 0 Å². The Morgan fingerprint density at radius 2 is 2.22 bits per heavy atom. The Hall–Kier alpha value is -0.830. The van der Waals surface area contributed by atoms with Gasteiger partial charge < -0.3 is 10.3 Å². The van der Waals surface area contributed by atoms with Gasteiger partial charge in [0, 0.05) is 24.9 Å². The van der Waals surface area contributed by atoms with Crippen molar-refractivity contribution in [3.8, 4) is 0 Å². The summed E-state index contributed by atoms with van der Waals surface area (Å²) >= 11 is 0. The van der Waals surface area contributed by atoms with Crippen LogP contribution in [0.15, 0.2) is 12.4 Å². The number of rotatable bonds is 5. The van der Waals surface area contributed by atoms with Crippen molar-refractivity contribution in [3.05, 3.63) is 18.2 Å². The third-order valence-corrected chi connectivity index (χ3v) is 4.52. The van der Waals surface area contributed by atoms with Crippen molar-refractivity contribution in [2.45, 2.75) is 58.4 Å². The zero-order chi connectivity index (χ0) is 13.0. The molecule has 1 fully saturated rings. The quantitative estimate of drug-likeness (QED) is 0.871. The molecule has 3 heteroatoms. The molecule has 2 N–H and O–H groups in total. The third-order valence-electron chi connectivity index (χ3n) is 4.52. The maximum Gasteiger partial charge on any atom is 0.108 e. The fourth-order valence-corrected chi connectivity index (χ4v) is 3.34. The second-order valence-electron chi connectivity index (χ2n) is 5.65. The van der Waals surface area contributed by atoms with Crippen molar-refractivity contribution in [1.82, 2.24) is 9.55 Å². The van der Waals surface area contributed by atoms with Gasteiger partial charge in [0.2, 0.25) is 0 Å². The number of nitrogens with two attached hydrogens (primary N) is 1. The highest BCUT2D eigenvalue weighted by atomic mass is 15.1. The van der Waals surface area contributed by atoms with E-state index in [0.717, 1.165) is 25.3 Å². The van der Waals surface area contributed by atoms with Crippen LogP contribution in [-0.2, 0) is 6.42 Å². The van der Waals surface area contributed by atoms with Crippen LogP contribution in [0.4, 0.5) is 0 Å². The van der Waals surface area contributed by atoms with E-state index in [2.05, 4.69) is 29.6 Å². The second-order valence-corrected chi connectivity index (χ2v) is 5.65. The lowest BCUT2D eigenvalue weighted by Gasteiger charge is -2.37. The standard InChI is InChI=1S/C15H27N3/c1-3-5-15-17-8-9-18(15)14-10-12(4-2)6-7-13(14)11-16/h8-9,12-14H,3-7,10-11,16H2,1-2H3. The second kappa shape index (κ2) is 6.37. The molecule has 102 valence electrons. The van der Waals surface area contributed by atoms with E-state index < -0.39 is 0 Å². The molecule has 0 aliphatic heterocycles. The van der Waals surface area contributed by atoms with E-state index >= 15 is 0 Å². The molecule has 3 unspecified atom stereocenters. The zero-order valence-electron chi connectivity index (χ0n) is 11.8. The number of hydrogen-bond acceptors (Lipinski definition) is 2. The molecule has 3 nitrogen and oxygen atoms in total. The van der Waals surface area contributed by atoms with Crippen molar-refractivity contribution < 1.29 is 0 Å². The molecule has 0 aromatic carbocycles. The molecular weight excluding hydrogens is 222 g/mol. The van der Waals surface area contributed by atoms with E-state index in [9.17, 15) is 0 Å². The molecule has 1 heterocycles. The Morgan fingerprint density at radius 1 is 1.39 bits per heavy atom. The van der Waals surface area contributed by atoms with Crippen LogP contribution in [0.25, 0.3) is 0 Å². The van der Waals surface area contributed by atoms with Gasteiger partial charge >= 0.3 is 0 Å². The van der Waals surface area contributed by atoms with Gasteiger partial charge in [-0.3, -0.25) is 0 Å². The molecule has 1 aliphatic rings. The summed E-state index contributed by atoms with van der Waals surface area (Å²) in [5, 5.41) is 0. The summed E-state index contributed by atoms with van der Waals surface area (Å²) in [6.07, 6.45) is 11.6. The minimum Gasteiger partial charge on any atom is -0.332 e. The largest absolute Gasteiger partial charge is 0.332 e. The monoisotopic (exact) mass is 249 g/mol. The van der Waals surface area contributed by atoms with Gasteiger partial charge in [0.25, 0.3) is 0 Å². The van der Waals surface area contributed by atoms with Crippen molar-refractivity contribution in [3.63, 3.8) is 0 Å². The fourth-order valence-electron chi connectivity index (χ4n) is 3.34. The van der Waals surface area contributed by atoms with E-state index in [-0.39, 0.29) is 0 Å². The molecule has 1 aromatic rings. The molecule has 0 radical (unpaired) electrons. The number of hydrogen-bond donors (Lipinski definition) is 1. The van der Waals surface area contributed by atoms with Crippen LogP contribution in [0.5, 0.6) is 0 Å². The van der Waals surface area contributed by atoms with Crippen LogP contribution in [0.3, 0.4) is 0 Å². The summed E-state index contributed by atoms with van der Waals surface area (Å²) in [7, 11) is 0. The first kappa shape index (κ1) is 13.6. The average Bonchev–Trinajstić information content (AvgIpc) is 2.86. The third kappa shape index (κ3) is 2.77. The molecule has 0 bridgehead atoms. The van der Waals surface area contributed by atoms with Gasteiger partial charge in [0.15, 0.2) is 0 Å². The minimum atomic E-state index is 0.581. The fraction of sp³-hybridized carbons (Fsp3) is 0.800. The number of nitrogens with zero attached hydrogens (tertiary/aromatic N) is 2. The van der Waals surface area contributed by atoms with Gasteiger partial charge in [-0.15, -0.1) is 0 Å². The smallest absolute Gasteiger partial charge is 0.108 e. The lowest BCUT2D eigenvalue weighted by Crippen LogP contribution is -2.32. The van der Waals surface area contributed by atoms with Crippen LogP contribution in [-0.4, -0.2) is 16.1 Å². The summed E-state index contributed by atoms with van der Waals surface area (Å²) in [5.41, 5.74) is 5.98. The highest BCUT2D eigenvalue weighted by molar-refractivity contribution is 4.98. The van der Waals surface area contributed by atoms with Gasteiger partial charge in [-0.1, -0.05) is 20.3 Å². The molecule has 3 atom stereocenters. The average molecular weight is 249 g/mol. The minimum absolute atomic E-state index is 0.581. The molecule has 0 amide bonds. The van der Waals surface area contributed by atoms with Gasteiger partial charge in [0.05, 0.1) is 0 Å². The summed E-state index contributed by atoms with van der Waals surface area (Å²) in [6.45, 7) is 5.34. The predicted molar refractivity (Wildman–Crippen MR) is 75.4 cm³/mol. The van der Waals surface area contributed by atoms with Gasteiger partial charge in [-0.2, -0.15) is 0 Å². The number of imidazole rings is 1. The van der Waals surface area contributed by atoms with Crippen LogP contribution in [0.2, 0.25) is 0 Å². The van der Waals surface area contributed by atoms with E-state index in [1.54, 1.807) is 0 Å². The van der Waals surface area contributed by atoms with Gasteiger partial charge in [0.1, 0.15) is 5.82 Å². The summed E-state index contributed by atoms with van der Waals surface area (Å²) in [5.74, 6) is 2.75. The van der Waals surface area contributed by atoms with Crippen molar-refractivity contribution in [2.24, 2.45) is 17.6 Å². The Balaban J connectivity index is 2.18. The van der Waals surface area contributed by atoms with Crippen LogP contribution in [0, 0.1) is 11.8 Å². The van der Waals surface area contributed by atoms with E-state index in [1.165, 1.54) is 31.5 Å². The van der Waals surface area contributed by atoms with E-state index in [4.69, 9.17) is 5.73 Å². The first-order valence-corrected chi connectivity index (χ1v) is 7.51. The highest BCUT2D eigenvalue weighted by Crippen LogP contribution is 2.38.